The van der Waals surface area contributed by atoms with Crippen molar-refractivity contribution in [1.82, 2.24) is 5.32 Å². The lowest BCUT2D eigenvalue weighted by Gasteiger charge is -2.20. The molecule has 1 saturated carbocycles. The maximum Gasteiger partial charge on any atom is 0.267 e. The maximum atomic E-state index is 13.8. The number of alkyl halides is 2. The molecule has 0 bridgehead atoms. The number of nitrogens with one attached hydrogen (secondary N) is 1. The Labute approximate surface area is 121 Å². The van der Waals surface area contributed by atoms with Crippen molar-refractivity contribution in [2.45, 2.75) is 31.2 Å². The van der Waals surface area contributed by atoms with Crippen LogP contribution in [0.15, 0.2) is 16.6 Å². The van der Waals surface area contributed by atoms with Gasteiger partial charge in [0.25, 0.3) is 11.8 Å². The van der Waals surface area contributed by atoms with E-state index in [0.717, 1.165) is 0 Å². The van der Waals surface area contributed by atoms with Crippen molar-refractivity contribution in [3.05, 3.63) is 33.0 Å². The third kappa shape index (κ3) is 2.89. The fraction of sp³-hybridized carbons (Fsp3) is 0.417. The van der Waals surface area contributed by atoms with Gasteiger partial charge in [-0.1, -0.05) is 11.6 Å². The highest BCUT2D eigenvalue weighted by Crippen LogP contribution is 2.35. The molecule has 2 nitrogen and oxygen atoms in total. The molecule has 1 N–H and O–H groups in total. The molecule has 1 aliphatic rings. The highest BCUT2D eigenvalue weighted by molar-refractivity contribution is 9.10. The summed E-state index contributed by atoms with van der Waals surface area (Å²) in [6.45, 7) is 0. The summed E-state index contributed by atoms with van der Waals surface area (Å²) < 4.78 is 40.8. The van der Waals surface area contributed by atoms with Crippen molar-refractivity contribution in [2.75, 3.05) is 0 Å². The molecule has 1 aromatic rings. The van der Waals surface area contributed by atoms with Crippen molar-refractivity contribution in [3.63, 3.8) is 0 Å². The standard InChI is InChI=1S/C12H10BrClF3NO/c13-6-3-4-7(14)10(15)9(6)11(19)18-8-2-1-5-12(8,16)17/h3-4,8H,1-2,5H2,(H,18,19). The monoisotopic (exact) mass is 355 g/mol. The Bertz CT molecular complexity index is 524. The molecule has 104 valence electrons. The molecular weight excluding hydrogens is 346 g/mol. The number of rotatable bonds is 2. The van der Waals surface area contributed by atoms with E-state index in [4.69, 9.17) is 11.6 Å². The van der Waals surface area contributed by atoms with Gasteiger partial charge in [-0.2, -0.15) is 0 Å². The molecule has 2 rings (SSSR count). The minimum absolute atomic E-state index is 0.174. The predicted octanol–water partition coefficient (Wildman–Crippen LogP) is 4.16. The first kappa shape index (κ1) is 14.7. The molecule has 0 aromatic heterocycles. The molecule has 0 heterocycles. The van der Waals surface area contributed by atoms with Gasteiger partial charge in [-0.3, -0.25) is 4.79 Å². The van der Waals surface area contributed by atoms with E-state index < -0.39 is 23.7 Å². The van der Waals surface area contributed by atoms with Crippen LogP contribution < -0.4 is 5.32 Å². The van der Waals surface area contributed by atoms with Crippen molar-refractivity contribution in [3.8, 4) is 0 Å². The topological polar surface area (TPSA) is 29.1 Å². The zero-order chi connectivity index (χ0) is 14.2. The summed E-state index contributed by atoms with van der Waals surface area (Å²) in [4.78, 5) is 11.9. The zero-order valence-corrected chi connectivity index (χ0v) is 12.0. The number of hydrogen-bond donors (Lipinski definition) is 1. The van der Waals surface area contributed by atoms with Crippen molar-refractivity contribution >= 4 is 33.4 Å². The number of hydrogen-bond acceptors (Lipinski definition) is 1. The first-order valence-corrected chi connectivity index (χ1v) is 6.82. The largest absolute Gasteiger partial charge is 0.343 e. The van der Waals surface area contributed by atoms with Gasteiger partial charge in [0.1, 0.15) is 0 Å². The number of carbonyl (C=O) groups is 1. The van der Waals surface area contributed by atoms with E-state index >= 15 is 0 Å². The minimum Gasteiger partial charge on any atom is -0.343 e. The molecule has 1 unspecified atom stereocenters. The van der Waals surface area contributed by atoms with Crippen LogP contribution >= 0.6 is 27.5 Å². The van der Waals surface area contributed by atoms with Crippen LogP contribution in [0, 0.1) is 5.82 Å². The molecule has 1 aliphatic carbocycles. The Morgan fingerprint density at radius 2 is 2.16 bits per heavy atom. The fourth-order valence-corrected chi connectivity index (χ4v) is 2.71. The third-order valence-corrected chi connectivity index (χ3v) is 4.04. The van der Waals surface area contributed by atoms with Crippen LogP contribution in [0.2, 0.25) is 5.02 Å². The second-order valence-electron chi connectivity index (χ2n) is 4.40. The van der Waals surface area contributed by atoms with Crippen LogP contribution in [-0.2, 0) is 0 Å². The molecular formula is C12H10BrClF3NO. The average molecular weight is 357 g/mol. The Hall–Kier alpha value is -0.750. The molecule has 1 aromatic carbocycles. The van der Waals surface area contributed by atoms with Gasteiger partial charge in [-0.15, -0.1) is 0 Å². The molecule has 1 fully saturated rings. The van der Waals surface area contributed by atoms with E-state index in [1.165, 1.54) is 12.1 Å². The van der Waals surface area contributed by atoms with E-state index in [2.05, 4.69) is 21.2 Å². The number of amides is 1. The van der Waals surface area contributed by atoms with E-state index in [-0.39, 0.29) is 27.9 Å². The van der Waals surface area contributed by atoms with E-state index in [1.807, 2.05) is 0 Å². The third-order valence-electron chi connectivity index (χ3n) is 3.09. The quantitative estimate of drug-likeness (QED) is 0.792. The molecule has 1 amide bonds. The molecule has 19 heavy (non-hydrogen) atoms. The molecule has 0 spiro atoms. The molecule has 7 heteroatoms. The van der Waals surface area contributed by atoms with Crippen LogP contribution in [0.1, 0.15) is 29.6 Å². The van der Waals surface area contributed by atoms with E-state index in [1.54, 1.807) is 0 Å². The number of benzene rings is 1. The molecule has 0 saturated heterocycles. The van der Waals surface area contributed by atoms with Gasteiger partial charge in [-0.05, 0) is 40.9 Å². The highest BCUT2D eigenvalue weighted by atomic mass is 79.9. The maximum absolute atomic E-state index is 13.8. The van der Waals surface area contributed by atoms with E-state index in [0.29, 0.717) is 6.42 Å². The van der Waals surface area contributed by atoms with Gasteiger partial charge in [0.2, 0.25) is 0 Å². The van der Waals surface area contributed by atoms with Crippen LogP contribution in [0.25, 0.3) is 0 Å². The Morgan fingerprint density at radius 1 is 1.47 bits per heavy atom. The summed E-state index contributed by atoms with van der Waals surface area (Å²) in [6.07, 6.45) is 0.243. The van der Waals surface area contributed by atoms with Gasteiger partial charge in [0.15, 0.2) is 5.82 Å². The smallest absolute Gasteiger partial charge is 0.267 e. The fourth-order valence-electron chi connectivity index (χ4n) is 2.07. The summed E-state index contributed by atoms with van der Waals surface area (Å²) in [7, 11) is 0. The van der Waals surface area contributed by atoms with Crippen LogP contribution in [-0.4, -0.2) is 17.9 Å². The summed E-state index contributed by atoms with van der Waals surface area (Å²) in [5, 5.41) is 1.95. The zero-order valence-electron chi connectivity index (χ0n) is 9.65. The summed E-state index contributed by atoms with van der Waals surface area (Å²) in [5.74, 6) is -4.76. The van der Waals surface area contributed by atoms with Crippen LogP contribution in [0.3, 0.4) is 0 Å². The Morgan fingerprint density at radius 3 is 2.74 bits per heavy atom. The first-order valence-electron chi connectivity index (χ1n) is 5.65. The predicted molar refractivity (Wildman–Crippen MR) is 69.2 cm³/mol. The molecule has 1 atom stereocenters. The SMILES string of the molecule is O=C(NC1CCCC1(F)F)c1c(Br)ccc(Cl)c1F. The first-order chi connectivity index (χ1) is 8.83. The Kier molecular flexibility index (Phi) is 4.11. The second-order valence-corrected chi connectivity index (χ2v) is 5.66. The molecule has 0 radical (unpaired) electrons. The number of halogens is 5. The van der Waals surface area contributed by atoms with Crippen LogP contribution in [0.5, 0.6) is 0 Å². The lowest BCUT2D eigenvalue weighted by molar-refractivity contribution is -0.0165. The Balaban J connectivity index is 2.24. The van der Waals surface area contributed by atoms with Gasteiger partial charge in [0, 0.05) is 10.9 Å². The van der Waals surface area contributed by atoms with Gasteiger partial charge < -0.3 is 5.32 Å². The lowest BCUT2D eigenvalue weighted by Crippen LogP contribution is -2.44. The molecule has 0 aliphatic heterocycles. The van der Waals surface area contributed by atoms with E-state index in [9.17, 15) is 18.0 Å². The average Bonchev–Trinajstić information content (AvgIpc) is 2.64. The minimum atomic E-state index is -2.95. The summed E-state index contributed by atoms with van der Waals surface area (Å²) in [5.41, 5.74) is -0.352. The second kappa shape index (κ2) is 5.32. The van der Waals surface area contributed by atoms with Gasteiger partial charge in [0.05, 0.1) is 16.6 Å². The van der Waals surface area contributed by atoms with Crippen molar-refractivity contribution in [1.29, 1.82) is 0 Å². The van der Waals surface area contributed by atoms with Crippen LogP contribution in [0.4, 0.5) is 13.2 Å². The normalized spacial score (nSPS) is 21.4. The van der Waals surface area contributed by atoms with Crippen molar-refractivity contribution in [2.24, 2.45) is 0 Å². The summed E-state index contributed by atoms with van der Waals surface area (Å²) in [6, 6.07) is 1.42. The van der Waals surface area contributed by atoms with Gasteiger partial charge >= 0.3 is 0 Å². The summed E-state index contributed by atoms with van der Waals surface area (Å²) >= 11 is 8.59. The van der Waals surface area contributed by atoms with Crippen molar-refractivity contribution < 1.29 is 18.0 Å². The van der Waals surface area contributed by atoms with Gasteiger partial charge in [-0.25, -0.2) is 13.2 Å². The number of carbonyl (C=O) groups excluding carboxylic acids is 1. The highest BCUT2D eigenvalue weighted by Gasteiger charge is 2.44. The lowest BCUT2D eigenvalue weighted by atomic mass is 10.1.